The zero-order valence-electron chi connectivity index (χ0n) is 9.40. The number of fused-ring (bicyclic) bond motifs is 1. The Morgan fingerprint density at radius 1 is 1.24 bits per heavy atom. The summed E-state index contributed by atoms with van der Waals surface area (Å²) in [5.74, 6) is 0. The van der Waals surface area contributed by atoms with Crippen LogP contribution in [0.25, 0.3) is 10.8 Å². The molecule has 0 spiro atoms. The Labute approximate surface area is 110 Å². The molecule has 0 saturated heterocycles. The van der Waals surface area contributed by atoms with Gasteiger partial charge in [0.2, 0.25) is 0 Å². The summed E-state index contributed by atoms with van der Waals surface area (Å²) < 4.78 is 0. The molecular formula is C13H15BrN2O. The number of halogens is 1. The highest BCUT2D eigenvalue weighted by molar-refractivity contribution is 8.93. The second kappa shape index (κ2) is 5.02. The maximum absolute atomic E-state index is 11.6. The van der Waals surface area contributed by atoms with Gasteiger partial charge < -0.3 is 10.3 Å². The number of aromatic nitrogens is 1. The van der Waals surface area contributed by atoms with Crippen LogP contribution >= 0.6 is 17.0 Å². The highest BCUT2D eigenvalue weighted by Gasteiger charge is 2.20. The van der Waals surface area contributed by atoms with Crippen LogP contribution in [-0.2, 0) is 6.54 Å². The summed E-state index contributed by atoms with van der Waals surface area (Å²) in [4.78, 5) is 14.4. The molecule has 0 unspecified atom stereocenters. The molecule has 0 bridgehead atoms. The molecule has 4 heteroatoms. The number of H-pyrrole nitrogens is 1. The topological polar surface area (TPSA) is 44.9 Å². The van der Waals surface area contributed by atoms with E-state index in [2.05, 4.69) is 10.3 Å². The first-order chi connectivity index (χ1) is 7.84. The summed E-state index contributed by atoms with van der Waals surface area (Å²) in [5, 5.41) is 5.29. The van der Waals surface area contributed by atoms with E-state index in [1.807, 2.05) is 30.5 Å². The van der Waals surface area contributed by atoms with E-state index < -0.39 is 0 Å². The molecule has 3 nitrogen and oxygen atoms in total. The van der Waals surface area contributed by atoms with Gasteiger partial charge in [-0.3, -0.25) is 4.79 Å². The molecule has 1 aliphatic rings. The minimum absolute atomic E-state index is 0. The van der Waals surface area contributed by atoms with E-state index >= 15 is 0 Å². The van der Waals surface area contributed by atoms with Crippen molar-refractivity contribution in [3.63, 3.8) is 0 Å². The fraction of sp³-hybridized carbons (Fsp3) is 0.308. The predicted octanol–water partition coefficient (Wildman–Crippen LogP) is 2.36. The Morgan fingerprint density at radius 3 is 2.65 bits per heavy atom. The number of aromatic amines is 1. The maximum Gasteiger partial charge on any atom is 0.255 e. The second-order valence-corrected chi connectivity index (χ2v) is 4.34. The van der Waals surface area contributed by atoms with Gasteiger partial charge in [0.15, 0.2) is 0 Å². The molecule has 17 heavy (non-hydrogen) atoms. The van der Waals surface area contributed by atoms with Gasteiger partial charge >= 0.3 is 0 Å². The van der Waals surface area contributed by atoms with Gasteiger partial charge in [0.05, 0.1) is 0 Å². The molecule has 1 fully saturated rings. The molecule has 0 atom stereocenters. The van der Waals surface area contributed by atoms with Crippen molar-refractivity contribution in [2.75, 3.05) is 0 Å². The standard InChI is InChI=1S/C13H14N2O.BrH/c16-13-12-4-2-1-3-11(12)9(8-15-13)7-14-10-5-6-10;/h1-4,8,10,14H,5-7H2,(H,15,16);1H. The lowest BCUT2D eigenvalue weighted by Crippen LogP contribution is -2.17. The number of hydrogen-bond acceptors (Lipinski definition) is 2. The molecule has 0 amide bonds. The van der Waals surface area contributed by atoms with Gasteiger partial charge in [0.25, 0.3) is 5.56 Å². The lowest BCUT2D eigenvalue weighted by atomic mass is 10.1. The fourth-order valence-corrected chi connectivity index (χ4v) is 1.96. The van der Waals surface area contributed by atoms with Gasteiger partial charge in [-0.15, -0.1) is 17.0 Å². The van der Waals surface area contributed by atoms with E-state index in [-0.39, 0.29) is 22.5 Å². The summed E-state index contributed by atoms with van der Waals surface area (Å²) in [6, 6.07) is 8.44. The van der Waals surface area contributed by atoms with Crippen molar-refractivity contribution in [2.24, 2.45) is 0 Å². The third-order valence-electron chi connectivity index (χ3n) is 3.05. The molecular weight excluding hydrogens is 280 g/mol. The first kappa shape index (κ1) is 12.3. The molecule has 1 aromatic heterocycles. The zero-order valence-corrected chi connectivity index (χ0v) is 11.1. The second-order valence-electron chi connectivity index (χ2n) is 4.34. The molecule has 2 aromatic rings. The van der Waals surface area contributed by atoms with E-state index in [1.165, 1.54) is 18.4 Å². The number of nitrogens with one attached hydrogen (secondary N) is 2. The minimum Gasteiger partial charge on any atom is -0.328 e. The fourth-order valence-electron chi connectivity index (χ4n) is 1.96. The lowest BCUT2D eigenvalue weighted by Gasteiger charge is -2.06. The van der Waals surface area contributed by atoms with Crippen LogP contribution < -0.4 is 10.9 Å². The Morgan fingerprint density at radius 2 is 1.94 bits per heavy atom. The number of pyridine rings is 1. The van der Waals surface area contributed by atoms with Crippen LogP contribution in [0.1, 0.15) is 18.4 Å². The molecule has 0 aliphatic heterocycles. The smallest absolute Gasteiger partial charge is 0.255 e. The van der Waals surface area contributed by atoms with Crippen LogP contribution in [0.4, 0.5) is 0 Å². The molecule has 3 rings (SSSR count). The van der Waals surface area contributed by atoms with Crippen molar-refractivity contribution in [3.05, 3.63) is 46.4 Å². The number of rotatable bonds is 3. The predicted molar refractivity (Wildman–Crippen MR) is 74.8 cm³/mol. The number of benzene rings is 1. The highest BCUT2D eigenvalue weighted by atomic mass is 79.9. The lowest BCUT2D eigenvalue weighted by molar-refractivity contribution is 0.689. The van der Waals surface area contributed by atoms with Gasteiger partial charge in [-0.05, 0) is 29.9 Å². The largest absolute Gasteiger partial charge is 0.328 e. The maximum atomic E-state index is 11.6. The van der Waals surface area contributed by atoms with Crippen LogP contribution in [0.3, 0.4) is 0 Å². The van der Waals surface area contributed by atoms with Crippen LogP contribution in [0.5, 0.6) is 0 Å². The quantitative estimate of drug-likeness (QED) is 0.913. The van der Waals surface area contributed by atoms with E-state index in [0.29, 0.717) is 6.04 Å². The van der Waals surface area contributed by atoms with Crippen molar-refractivity contribution in [2.45, 2.75) is 25.4 Å². The van der Waals surface area contributed by atoms with Gasteiger partial charge in [-0.25, -0.2) is 0 Å². The van der Waals surface area contributed by atoms with E-state index in [4.69, 9.17) is 0 Å². The number of hydrogen-bond donors (Lipinski definition) is 2. The van der Waals surface area contributed by atoms with Crippen LogP contribution in [-0.4, -0.2) is 11.0 Å². The molecule has 2 N–H and O–H groups in total. The SMILES string of the molecule is Br.O=c1[nH]cc(CNC2CC2)c2ccccc12. The summed E-state index contributed by atoms with van der Waals surface area (Å²) in [7, 11) is 0. The summed E-state index contributed by atoms with van der Waals surface area (Å²) in [5.41, 5.74) is 1.16. The molecule has 1 saturated carbocycles. The summed E-state index contributed by atoms with van der Waals surface area (Å²) >= 11 is 0. The third kappa shape index (κ3) is 2.58. The Balaban J connectivity index is 0.00000108. The van der Waals surface area contributed by atoms with Crippen LogP contribution in [0.2, 0.25) is 0 Å². The van der Waals surface area contributed by atoms with Crippen LogP contribution in [0, 0.1) is 0 Å². The first-order valence-electron chi connectivity index (χ1n) is 5.67. The Bertz CT molecular complexity index is 575. The third-order valence-corrected chi connectivity index (χ3v) is 3.05. The van der Waals surface area contributed by atoms with Crippen molar-refractivity contribution >= 4 is 27.8 Å². The monoisotopic (exact) mass is 294 g/mol. The van der Waals surface area contributed by atoms with Crippen LogP contribution in [0.15, 0.2) is 35.3 Å². The molecule has 90 valence electrons. The van der Waals surface area contributed by atoms with Crippen molar-refractivity contribution in [1.29, 1.82) is 0 Å². The average molecular weight is 295 g/mol. The summed E-state index contributed by atoms with van der Waals surface area (Å²) in [6.07, 6.45) is 4.38. The Kier molecular flexibility index (Phi) is 3.64. The Hall–Kier alpha value is -1.13. The van der Waals surface area contributed by atoms with Gasteiger partial charge in [-0.2, -0.15) is 0 Å². The van der Waals surface area contributed by atoms with Gasteiger partial charge in [0.1, 0.15) is 0 Å². The average Bonchev–Trinajstić information content (AvgIpc) is 3.13. The normalized spacial score (nSPS) is 14.6. The van der Waals surface area contributed by atoms with Gasteiger partial charge in [-0.1, -0.05) is 18.2 Å². The van der Waals surface area contributed by atoms with E-state index in [1.54, 1.807) is 0 Å². The van der Waals surface area contributed by atoms with Crippen molar-refractivity contribution < 1.29 is 0 Å². The highest BCUT2D eigenvalue weighted by Crippen LogP contribution is 2.20. The van der Waals surface area contributed by atoms with Crippen molar-refractivity contribution in [3.8, 4) is 0 Å². The van der Waals surface area contributed by atoms with E-state index in [9.17, 15) is 4.79 Å². The molecule has 0 radical (unpaired) electrons. The van der Waals surface area contributed by atoms with Gasteiger partial charge in [0, 0.05) is 24.2 Å². The first-order valence-corrected chi connectivity index (χ1v) is 5.67. The molecule has 1 heterocycles. The minimum atomic E-state index is -0.00854. The molecule has 1 aliphatic carbocycles. The summed E-state index contributed by atoms with van der Waals surface area (Å²) in [6.45, 7) is 0.835. The zero-order chi connectivity index (χ0) is 11.0. The molecule has 1 aromatic carbocycles. The van der Waals surface area contributed by atoms with Crippen molar-refractivity contribution in [1.82, 2.24) is 10.3 Å². The van der Waals surface area contributed by atoms with E-state index in [0.717, 1.165) is 17.3 Å².